The number of hydrogen-bond acceptors (Lipinski definition) is 4. The Kier molecular flexibility index (Phi) is 3.40. The first-order valence-electron chi connectivity index (χ1n) is 6.94. The standard InChI is InChI=1S/C15H14N2O5/c18-14(16-10-3-5-11(6-4-10)17(21)22)12-8-1-2-9(7-8)13(12)15(19)20/h1-6,8-9,12-13H,7H2,(H,16,18)(H,19,20)/t8-,9-,12+,13-/m0/s1. The lowest BCUT2D eigenvalue weighted by Gasteiger charge is -2.23. The van der Waals surface area contributed by atoms with Crippen molar-refractivity contribution in [1.29, 1.82) is 0 Å². The van der Waals surface area contributed by atoms with Gasteiger partial charge in [0.15, 0.2) is 0 Å². The molecule has 0 radical (unpaired) electrons. The van der Waals surface area contributed by atoms with E-state index in [9.17, 15) is 24.8 Å². The maximum absolute atomic E-state index is 12.4. The van der Waals surface area contributed by atoms with Crippen LogP contribution in [0.2, 0.25) is 0 Å². The molecular weight excluding hydrogens is 288 g/mol. The molecule has 1 aromatic rings. The van der Waals surface area contributed by atoms with Crippen LogP contribution in [-0.4, -0.2) is 21.9 Å². The number of carboxylic acids is 1. The van der Waals surface area contributed by atoms with Gasteiger partial charge in [0.25, 0.3) is 5.69 Å². The quantitative estimate of drug-likeness (QED) is 0.502. The molecule has 4 atom stereocenters. The van der Waals surface area contributed by atoms with Gasteiger partial charge < -0.3 is 10.4 Å². The lowest BCUT2D eigenvalue weighted by atomic mass is 9.82. The smallest absolute Gasteiger partial charge is 0.307 e. The van der Waals surface area contributed by atoms with Crippen molar-refractivity contribution in [2.45, 2.75) is 6.42 Å². The number of fused-ring (bicyclic) bond motifs is 2. The van der Waals surface area contributed by atoms with Crippen LogP contribution in [-0.2, 0) is 9.59 Å². The molecule has 7 heteroatoms. The fraction of sp³-hybridized carbons (Fsp3) is 0.333. The van der Waals surface area contributed by atoms with Gasteiger partial charge in [-0.05, 0) is 30.4 Å². The zero-order valence-electron chi connectivity index (χ0n) is 11.5. The van der Waals surface area contributed by atoms with Crippen LogP contribution in [0.25, 0.3) is 0 Å². The van der Waals surface area contributed by atoms with Gasteiger partial charge in [-0.1, -0.05) is 12.2 Å². The van der Waals surface area contributed by atoms with Crippen LogP contribution in [0.1, 0.15) is 6.42 Å². The van der Waals surface area contributed by atoms with E-state index in [0.29, 0.717) is 12.1 Å². The van der Waals surface area contributed by atoms with E-state index < -0.39 is 22.7 Å². The van der Waals surface area contributed by atoms with Gasteiger partial charge in [0.2, 0.25) is 5.91 Å². The average Bonchev–Trinajstić information content (AvgIpc) is 3.08. The van der Waals surface area contributed by atoms with Crippen molar-refractivity contribution < 1.29 is 19.6 Å². The van der Waals surface area contributed by atoms with E-state index in [0.717, 1.165) is 0 Å². The number of nitro benzene ring substituents is 1. The van der Waals surface area contributed by atoms with Crippen LogP contribution in [0, 0.1) is 33.8 Å². The number of carbonyl (C=O) groups is 2. The first kappa shape index (κ1) is 14.2. The van der Waals surface area contributed by atoms with Gasteiger partial charge in [0.05, 0.1) is 16.8 Å². The van der Waals surface area contributed by atoms with E-state index in [2.05, 4.69) is 5.32 Å². The number of benzene rings is 1. The second-order valence-corrected chi connectivity index (χ2v) is 5.63. The minimum atomic E-state index is -0.958. The summed E-state index contributed by atoms with van der Waals surface area (Å²) in [5.74, 6) is -2.74. The number of nitrogens with zero attached hydrogens (tertiary/aromatic N) is 1. The largest absolute Gasteiger partial charge is 0.481 e. The highest BCUT2D eigenvalue weighted by Gasteiger charge is 2.51. The number of aliphatic carboxylic acids is 1. The number of carbonyl (C=O) groups excluding carboxylic acids is 1. The molecule has 1 amide bonds. The fourth-order valence-corrected chi connectivity index (χ4v) is 3.41. The van der Waals surface area contributed by atoms with E-state index in [1.165, 1.54) is 24.3 Å². The van der Waals surface area contributed by atoms with Gasteiger partial charge in [0.1, 0.15) is 0 Å². The Bertz CT molecular complexity index is 667. The van der Waals surface area contributed by atoms with Crippen LogP contribution >= 0.6 is 0 Å². The molecular formula is C15H14N2O5. The molecule has 2 N–H and O–H groups in total. The molecule has 2 bridgehead atoms. The van der Waals surface area contributed by atoms with Crippen molar-refractivity contribution in [3.8, 4) is 0 Å². The Hall–Kier alpha value is -2.70. The highest BCUT2D eigenvalue weighted by atomic mass is 16.6. The lowest BCUT2D eigenvalue weighted by molar-refractivity contribution is -0.384. The highest BCUT2D eigenvalue weighted by molar-refractivity contribution is 5.96. The Morgan fingerprint density at radius 2 is 1.73 bits per heavy atom. The third kappa shape index (κ3) is 2.34. The zero-order chi connectivity index (χ0) is 15.9. The summed E-state index contributed by atoms with van der Waals surface area (Å²) in [5, 5.41) is 22.6. The van der Waals surface area contributed by atoms with Gasteiger partial charge in [-0.3, -0.25) is 19.7 Å². The average molecular weight is 302 g/mol. The van der Waals surface area contributed by atoms with Crippen LogP contribution < -0.4 is 5.32 Å². The van der Waals surface area contributed by atoms with Gasteiger partial charge in [-0.25, -0.2) is 0 Å². The normalized spacial score (nSPS) is 28.5. The molecule has 1 aromatic carbocycles. The molecule has 114 valence electrons. The minimum Gasteiger partial charge on any atom is -0.481 e. The van der Waals surface area contributed by atoms with Gasteiger partial charge in [-0.2, -0.15) is 0 Å². The van der Waals surface area contributed by atoms with Crippen molar-refractivity contribution in [3.05, 3.63) is 46.5 Å². The summed E-state index contributed by atoms with van der Waals surface area (Å²) in [7, 11) is 0. The van der Waals surface area contributed by atoms with Crippen LogP contribution in [0.5, 0.6) is 0 Å². The predicted octanol–water partition coefficient (Wildman–Crippen LogP) is 2.06. The monoisotopic (exact) mass is 302 g/mol. The molecule has 0 saturated heterocycles. The molecule has 1 saturated carbocycles. The number of amides is 1. The predicted molar refractivity (Wildman–Crippen MR) is 77.1 cm³/mol. The maximum atomic E-state index is 12.4. The van der Waals surface area contributed by atoms with Gasteiger partial charge in [0, 0.05) is 17.8 Å². The topological polar surface area (TPSA) is 110 Å². The maximum Gasteiger partial charge on any atom is 0.307 e. The number of rotatable bonds is 4. The Morgan fingerprint density at radius 3 is 2.27 bits per heavy atom. The molecule has 0 heterocycles. The van der Waals surface area contributed by atoms with E-state index in [-0.39, 0.29) is 23.4 Å². The summed E-state index contributed by atoms with van der Waals surface area (Å²) < 4.78 is 0. The molecule has 3 rings (SSSR count). The van der Waals surface area contributed by atoms with Crippen molar-refractivity contribution in [2.75, 3.05) is 5.32 Å². The van der Waals surface area contributed by atoms with Crippen molar-refractivity contribution in [3.63, 3.8) is 0 Å². The number of carboxylic acid groups (broad SMARTS) is 1. The lowest BCUT2D eigenvalue weighted by Crippen LogP contribution is -2.36. The highest BCUT2D eigenvalue weighted by Crippen LogP contribution is 2.48. The minimum absolute atomic E-state index is 0.0517. The van der Waals surface area contributed by atoms with Gasteiger partial charge >= 0.3 is 5.97 Å². The molecule has 0 spiro atoms. The molecule has 7 nitrogen and oxygen atoms in total. The summed E-state index contributed by atoms with van der Waals surface area (Å²) in [5.41, 5.74) is 0.357. The molecule has 22 heavy (non-hydrogen) atoms. The van der Waals surface area contributed by atoms with Crippen LogP contribution in [0.4, 0.5) is 11.4 Å². The summed E-state index contributed by atoms with van der Waals surface area (Å²) in [6.07, 6.45) is 4.47. The van der Waals surface area contributed by atoms with Crippen LogP contribution in [0.15, 0.2) is 36.4 Å². The Morgan fingerprint density at radius 1 is 1.14 bits per heavy atom. The number of allylic oxidation sites excluding steroid dienone is 2. The SMILES string of the molecule is O=C(O)[C@@H]1[C@H](C(=O)Nc2ccc([N+](=O)[O-])cc2)[C@H]2C=C[C@H]1C2. The summed E-state index contributed by atoms with van der Waals surface area (Å²) >= 11 is 0. The molecule has 0 aromatic heterocycles. The fourth-order valence-electron chi connectivity index (χ4n) is 3.41. The second-order valence-electron chi connectivity index (χ2n) is 5.63. The summed E-state index contributed by atoms with van der Waals surface area (Å²) in [6, 6.07) is 5.47. The van der Waals surface area contributed by atoms with Gasteiger partial charge in [-0.15, -0.1) is 0 Å². The number of nitro groups is 1. The van der Waals surface area contributed by atoms with E-state index in [1.807, 2.05) is 12.2 Å². The number of hydrogen-bond donors (Lipinski definition) is 2. The summed E-state index contributed by atoms with van der Waals surface area (Å²) in [4.78, 5) is 33.9. The number of nitrogens with one attached hydrogen (secondary N) is 1. The van der Waals surface area contributed by atoms with Crippen LogP contribution in [0.3, 0.4) is 0 Å². The summed E-state index contributed by atoms with van der Waals surface area (Å²) in [6.45, 7) is 0. The number of anilines is 1. The Labute approximate surface area is 125 Å². The third-order valence-corrected chi connectivity index (χ3v) is 4.39. The Balaban J connectivity index is 1.75. The molecule has 2 aliphatic rings. The van der Waals surface area contributed by atoms with Crippen molar-refractivity contribution in [1.82, 2.24) is 0 Å². The van der Waals surface area contributed by atoms with E-state index in [4.69, 9.17) is 0 Å². The molecule has 2 aliphatic carbocycles. The zero-order valence-corrected chi connectivity index (χ0v) is 11.5. The first-order chi connectivity index (χ1) is 10.5. The number of non-ortho nitro benzene ring substituents is 1. The van der Waals surface area contributed by atoms with Crippen molar-refractivity contribution >= 4 is 23.3 Å². The van der Waals surface area contributed by atoms with Crippen molar-refractivity contribution in [2.24, 2.45) is 23.7 Å². The molecule has 1 fully saturated rings. The first-order valence-corrected chi connectivity index (χ1v) is 6.94. The second kappa shape index (κ2) is 5.25. The van der Waals surface area contributed by atoms with E-state index >= 15 is 0 Å². The molecule has 0 unspecified atom stereocenters. The van der Waals surface area contributed by atoms with E-state index in [1.54, 1.807) is 0 Å². The molecule has 0 aliphatic heterocycles. The third-order valence-electron chi connectivity index (χ3n) is 4.39.